The van der Waals surface area contributed by atoms with Crippen LogP contribution in [0, 0.1) is 11.8 Å². The van der Waals surface area contributed by atoms with Gasteiger partial charge in [-0.25, -0.2) is 0 Å². The van der Waals surface area contributed by atoms with Gasteiger partial charge in [0.2, 0.25) is 0 Å². The van der Waals surface area contributed by atoms with Crippen LogP contribution in [0.25, 0.3) is 0 Å². The molecule has 0 bridgehead atoms. The lowest BCUT2D eigenvalue weighted by Crippen LogP contribution is -2.28. The number of thioether (sulfide) groups is 1. The minimum absolute atomic E-state index is 0.0827. The third kappa shape index (κ3) is 4.02. The van der Waals surface area contributed by atoms with Crippen LogP contribution in [0.5, 0.6) is 0 Å². The second kappa shape index (κ2) is 7.04. The first kappa shape index (κ1) is 14.6. The van der Waals surface area contributed by atoms with Crippen LogP contribution in [-0.4, -0.2) is 17.5 Å². The minimum Gasteiger partial charge on any atom is -0.396 e. The third-order valence-corrected chi connectivity index (χ3v) is 4.00. The Labute approximate surface area is 109 Å². The monoisotopic (exact) mass is 253 g/mol. The zero-order chi connectivity index (χ0) is 12.8. The lowest BCUT2D eigenvalue weighted by Gasteiger charge is -2.25. The summed E-state index contributed by atoms with van der Waals surface area (Å²) in [4.78, 5) is 1.27. The van der Waals surface area contributed by atoms with Crippen molar-refractivity contribution in [2.24, 2.45) is 17.6 Å². The molecule has 0 heterocycles. The molecule has 1 rings (SSSR count). The van der Waals surface area contributed by atoms with Gasteiger partial charge < -0.3 is 10.8 Å². The summed E-state index contributed by atoms with van der Waals surface area (Å²) < 4.78 is 0. The predicted molar refractivity (Wildman–Crippen MR) is 75.2 cm³/mol. The van der Waals surface area contributed by atoms with Gasteiger partial charge in [-0.2, -0.15) is 0 Å². The van der Waals surface area contributed by atoms with Gasteiger partial charge in [-0.05, 0) is 29.4 Å². The maximum absolute atomic E-state index is 9.38. The van der Waals surface area contributed by atoms with Gasteiger partial charge in [0.05, 0.1) is 0 Å². The zero-order valence-electron chi connectivity index (χ0n) is 10.9. The first-order valence-electron chi connectivity index (χ1n) is 6.19. The number of aliphatic hydroxyl groups is 1. The minimum atomic E-state index is -0.0827. The summed E-state index contributed by atoms with van der Waals surface area (Å²) in [6.07, 6.45) is 0. The SMILES string of the molecule is CCSc1ccc(C(N)C(CO)C(C)C)cc1. The summed E-state index contributed by atoms with van der Waals surface area (Å²) in [6, 6.07) is 8.29. The fourth-order valence-corrected chi connectivity index (χ4v) is 2.60. The maximum Gasteiger partial charge on any atom is 0.0479 e. The van der Waals surface area contributed by atoms with E-state index in [2.05, 4.69) is 45.0 Å². The van der Waals surface area contributed by atoms with E-state index in [0.29, 0.717) is 5.92 Å². The van der Waals surface area contributed by atoms with Crippen LogP contribution in [0.3, 0.4) is 0 Å². The molecule has 0 fully saturated rings. The van der Waals surface area contributed by atoms with Crippen LogP contribution in [0.2, 0.25) is 0 Å². The van der Waals surface area contributed by atoms with Crippen LogP contribution < -0.4 is 5.73 Å². The van der Waals surface area contributed by atoms with Crippen molar-refractivity contribution < 1.29 is 5.11 Å². The average Bonchev–Trinajstić information content (AvgIpc) is 2.30. The Morgan fingerprint density at radius 3 is 2.24 bits per heavy atom. The van der Waals surface area contributed by atoms with Gasteiger partial charge in [-0.1, -0.05) is 32.9 Å². The molecular weight excluding hydrogens is 230 g/mol. The number of hydrogen-bond donors (Lipinski definition) is 2. The highest BCUT2D eigenvalue weighted by atomic mass is 32.2. The molecule has 17 heavy (non-hydrogen) atoms. The molecule has 0 saturated carbocycles. The van der Waals surface area contributed by atoms with Gasteiger partial charge in [0.15, 0.2) is 0 Å². The van der Waals surface area contributed by atoms with Crippen molar-refractivity contribution in [1.29, 1.82) is 0 Å². The van der Waals surface area contributed by atoms with Crippen molar-refractivity contribution in [3.8, 4) is 0 Å². The van der Waals surface area contributed by atoms with Crippen LogP contribution in [-0.2, 0) is 0 Å². The van der Waals surface area contributed by atoms with Crippen LogP contribution >= 0.6 is 11.8 Å². The first-order valence-corrected chi connectivity index (χ1v) is 7.17. The molecule has 0 saturated heterocycles. The summed E-state index contributed by atoms with van der Waals surface area (Å²) in [5.74, 6) is 1.59. The Kier molecular flexibility index (Phi) is 6.03. The highest BCUT2D eigenvalue weighted by Gasteiger charge is 2.21. The fourth-order valence-electron chi connectivity index (χ4n) is 1.94. The standard InChI is InChI=1S/C14H23NOS/c1-4-17-12-7-5-11(6-8-12)14(15)13(9-16)10(2)3/h5-8,10,13-14,16H,4,9,15H2,1-3H3. The second-order valence-electron chi connectivity index (χ2n) is 4.62. The Balaban J connectivity index is 2.77. The van der Waals surface area contributed by atoms with Gasteiger partial charge in [-0.15, -0.1) is 11.8 Å². The topological polar surface area (TPSA) is 46.2 Å². The van der Waals surface area contributed by atoms with E-state index >= 15 is 0 Å². The molecule has 0 aliphatic rings. The number of nitrogens with two attached hydrogens (primary N) is 1. The van der Waals surface area contributed by atoms with Crippen LogP contribution in [0.4, 0.5) is 0 Å². The summed E-state index contributed by atoms with van der Waals surface area (Å²) in [5.41, 5.74) is 7.32. The van der Waals surface area contributed by atoms with Crippen LogP contribution in [0.1, 0.15) is 32.4 Å². The second-order valence-corrected chi connectivity index (χ2v) is 5.96. The molecule has 96 valence electrons. The van der Waals surface area contributed by atoms with E-state index in [1.54, 1.807) is 0 Å². The first-order chi connectivity index (χ1) is 8.10. The lowest BCUT2D eigenvalue weighted by atomic mass is 9.86. The fraction of sp³-hybridized carbons (Fsp3) is 0.571. The molecule has 0 aliphatic carbocycles. The molecule has 0 amide bonds. The number of hydrogen-bond acceptors (Lipinski definition) is 3. The number of rotatable bonds is 6. The molecule has 3 heteroatoms. The predicted octanol–water partition coefficient (Wildman–Crippen LogP) is 3.06. The molecular formula is C14H23NOS. The third-order valence-electron chi connectivity index (χ3n) is 3.10. The smallest absolute Gasteiger partial charge is 0.0479 e. The zero-order valence-corrected chi connectivity index (χ0v) is 11.7. The van der Waals surface area contributed by atoms with Crippen molar-refractivity contribution in [2.45, 2.75) is 31.7 Å². The van der Waals surface area contributed by atoms with E-state index in [0.717, 1.165) is 11.3 Å². The lowest BCUT2D eigenvalue weighted by molar-refractivity contribution is 0.166. The number of benzene rings is 1. The molecule has 1 aromatic carbocycles. The summed E-state index contributed by atoms with van der Waals surface area (Å²) in [5, 5.41) is 9.38. The molecule has 2 nitrogen and oxygen atoms in total. The normalized spacial score (nSPS) is 14.9. The highest BCUT2D eigenvalue weighted by molar-refractivity contribution is 7.99. The van der Waals surface area contributed by atoms with Crippen molar-refractivity contribution in [1.82, 2.24) is 0 Å². The Hall–Kier alpha value is -0.510. The molecule has 2 unspecified atom stereocenters. The van der Waals surface area contributed by atoms with E-state index in [9.17, 15) is 5.11 Å². The van der Waals surface area contributed by atoms with Gasteiger partial charge in [0, 0.05) is 23.5 Å². The molecule has 1 aromatic rings. The Morgan fingerprint density at radius 2 is 1.82 bits per heavy atom. The largest absolute Gasteiger partial charge is 0.396 e. The van der Waals surface area contributed by atoms with Crippen molar-refractivity contribution in [3.63, 3.8) is 0 Å². The van der Waals surface area contributed by atoms with Gasteiger partial charge >= 0.3 is 0 Å². The van der Waals surface area contributed by atoms with Gasteiger partial charge in [-0.3, -0.25) is 0 Å². The van der Waals surface area contributed by atoms with Crippen molar-refractivity contribution in [3.05, 3.63) is 29.8 Å². The highest BCUT2D eigenvalue weighted by Crippen LogP contribution is 2.27. The van der Waals surface area contributed by atoms with Crippen LogP contribution in [0.15, 0.2) is 29.2 Å². The molecule has 3 N–H and O–H groups in total. The quantitative estimate of drug-likeness (QED) is 0.766. The summed E-state index contributed by atoms with van der Waals surface area (Å²) >= 11 is 1.83. The Bertz CT molecular complexity index is 323. The molecule has 0 radical (unpaired) electrons. The average molecular weight is 253 g/mol. The van der Waals surface area contributed by atoms with E-state index in [1.807, 2.05) is 11.8 Å². The van der Waals surface area contributed by atoms with Crippen molar-refractivity contribution >= 4 is 11.8 Å². The van der Waals surface area contributed by atoms with E-state index in [1.165, 1.54) is 4.90 Å². The summed E-state index contributed by atoms with van der Waals surface area (Å²) in [7, 11) is 0. The molecule has 2 atom stereocenters. The number of aliphatic hydroxyl groups excluding tert-OH is 1. The van der Waals surface area contributed by atoms with E-state index in [4.69, 9.17) is 5.73 Å². The van der Waals surface area contributed by atoms with Gasteiger partial charge in [0.25, 0.3) is 0 Å². The van der Waals surface area contributed by atoms with E-state index in [-0.39, 0.29) is 18.6 Å². The van der Waals surface area contributed by atoms with Crippen molar-refractivity contribution in [2.75, 3.05) is 12.4 Å². The molecule has 0 aliphatic heterocycles. The molecule has 0 spiro atoms. The summed E-state index contributed by atoms with van der Waals surface area (Å²) in [6.45, 7) is 6.49. The maximum atomic E-state index is 9.38. The van der Waals surface area contributed by atoms with Gasteiger partial charge in [0.1, 0.15) is 0 Å². The Morgan fingerprint density at radius 1 is 1.24 bits per heavy atom. The van der Waals surface area contributed by atoms with E-state index < -0.39 is 0 Å². The molecule has 0 aromatic heterocycles.